The van der Waals surface area contributed by atoms with Crippen LogP contribution in [-0.2, 0) is 6.42 Å². The first kappa shape index (κ1) is 10.6. The fourth-order valence-electron chi connectivity index (χ4n) is 3.00. The van der Waals surface area contributed by atoms with Gasteiger partial charge >= 0.3 is 0 Å². The van der Waals surface area contributed by atoms with Crippen LogP contribution in [0.4, 0.5) is 0 Å². The van der Waals surface area contributed by atoms with E-state index in [1.165, 1.54) is 32.7 Å². The van der Waals surface area contributed by atoms with Gasteiger partial charge in [0.05, 0.1) is 0 Å². The van der Waals surface area contributed by atoms with Gasteiger partial charge in [-0.3, -0.25) is 0 Å². The molecule has 0 spiro atoms. The maximum Gasteiger partial charge on any atom is 0.0182 e. The Hall–Kier alpha value is -2.28. The first-order valence-corrected chi connectivity index (χ1v) is 6.77. The van der Waals surface area contributed by atoms with Crippen LogP contribution in [0.25, 0.3) is 27.6 Å². The summed E-state index contributed by atoms with van der Waals surface area (Å²) in [6.07, 6.45) is 5.37. The molecule has 1 aliphatic rings. The minimum atomic E-state index is 1.02. The summed E-state index contributed by atoms with van der Waals surface area (Å²) in [6, 6.07) is 17.6. The lowest BCUT2D eigenvalue weighted by Gasteiger charge is -2.10. The molecule has 3 aromatic rings. The zero-order valence-corrected chi connectivity index (χ0v) is 10.7. The Kier molecular flexibility index (Phi) is 2.31. The van der Waals surface area contributed by atoms with Crippen LogP contribution >= 0.6 is 0 Å². The summed E-state index contributed by atoms with van der Waals surface area (Å²) in [5.74, 6) is 0. The molecule has 3 aromatic carbocycles. The van der Waals surface area contributed by atoms with Gasteiger partial charge in [0.1, 0.15) is 0 Å². The van der Waals surface area contributed by atoms with Crippen molar-refractivity contribution in [3.05, 3.63) is 65.9 Å². The van der Waals surface area contributed by atoms with Gasteiger partial charge < -0.3 is 5.32 Å². The Labute approximate surface area is 112 Å². The second kappa shape index (κ2) is 4.13. The Morgan fingerprint density at radius 2 is 1.68 bits per heavy atom. The van der Waals surface area contributed by atoms with Crippen molar-refractivity contribution in [3.63, 3.8) is 0 Å². The van der Waals surface area contributed by atoms with E-state index < -0.39 is 0 Å². The normalized spacial score (nSPS) is 14.1. The average molecular weight is 245 g/mol. The Morgan fingerprint density at radius 3 is 2.68 bits per heavy atom. The molecule has 0 radical (unpaired) electrons. The summed E-state index contributed by atoms with van der Waals surface area (Å²) >= 11 is 0. The van der Waals surface area contributed by atoms with Crippen LogP contribution in [-0.4, -0.2) is 6.54 Å². The number of fused-ring (bicyclic) bond motifs is 5. The molecule has 1 heteroatoms. The monoisotopic (exact) mass is 245 g/mol. The molecule has 0 aliphatic carbocycles. The maximum absolute atomic E-state index is 3.32. The molecule has 0 saturated carbocycles. The van der Waals surface area contributed by atoms with E-state index in [2.05, 4.69) is 66.1 Å². The zero-order valence-electron chi connectivity index (χ0n) is 10.7. The van der Waals surface area contributed by atoms with Crippen LogP contribution in [0, 0.1) is 0 Å². The Morgan fingerprint density at radius 1 is 0.789 bits per heavy atom. The third kappa shape index (κ3) is 1.62. The topological polar surface area (TPSA) is 12.0 Å². The van der Waals surface area contributed by atoms with E-state index in [1.807, 2.05) is 0 Å². The van der Waals surface area contributed by atoms with Gasteiger partial charge in [-0.15, -0.1) is 0 Å². The van der Waals surface area contributed by atoms with Gasteiger partial charge in [0.15, 0.2) is 0 Å². The number of benzene rings is 3. The van der Waals surface area contributed by atoms with Gasteiger partial charge in [0, 0.05) is 6.54 Å². The van der Waals surface area contributed by atoms with Crippen LogP contribution in [0.15, 0.2) is 54.7 Å². The van der Waals surface area contributed by atoms with E-state index in [9.17, 15) is 0 Å². The average Bonchev–Trinajstić information content (AvgIpc) is 2.72. The molecular formula is C18H15N. The van der Waals surface area contributed by atoms with Crippen molar-refractivity contribution in [2.75, 3.05) is 6.54 Å². The summed E-state index contributed by atoms with van der Waals surface area (Å²) in [4.78, 5) is 0. The highest BCUT2D eigenvalue weighted by Crippen LogP contribution is 2.30. The minimum Gasteiger partial charge on any atom is -0.391 e. The fraction of sp³-hybridized carbons (Fsp3) is 0.111. The largest absolute Gasteiger partial charge is 0.391 e. The molecule has 1 N–H and O–H groups in total. The lowest BCUT2D eigenvalue weighted by molar-refractivity contribution is 0.843. The SMILES string of the molecule is C1=Cc2c(ccc3c2ccc2ccccc23)CCN1. The van der Waals surface area contributed by atoms with Gasteiger partial charge in [-0.2, -0.15) is 0 Å². The Bertz CT molecular complexity index is 799. The van der Waals surface area contributed by atoms with Crippen molar-refractivity contribution in [1.82, 2.24) is 5.32 Å². The number of hydrogen-bond donors (Lipinski definition) is 1. The fourth-order valence-corrected chi connectivity index (χ4v) is 3.00. The second-order valence-corrected chi connectivity index (χ2v) is 5.06. The van der Waals surface area contributed by atoms with Crippen LogP contribution in [0.5, 0.6) is 0 Å². The summed E-state index contributed by atoms with van der Waals surface area (Å²) in [5.41, 5.74) is 2.80. The quantitative estimate of drug-likeness (QED) is 0.588. The predicted molar refractivity (Wildman–Crippen MR) is 82.2 cm³/mol. The Balaban J connectivity index is 2.15. The van der Waals surface area contributed by atoms with Gasteiger partial charge in [0.25, 0.3) is 0 Å². The van der Waals surface area contributed by atoms with Crippen LogP contribution < -0.4 is 5.32 Å². The molecule has 1 aliphatic heterocycles. The highest BCUT2D eigenvalue weighted by atomic mass is 14.8. The van der Waals surface area contributed by atoms with E-state index in [0.717, 1.165) is 13.0 Å². The lowest BCUT2D eigenvalue weighted by Crippen LogP contribution is -2.07. The van der Waals surface area contributed by atoms with Crippen molar-refractivity contribution in [2.24, 2.45) is 0 Å². The van der Waals surface area contributed by atoms with Crippen molar-refractivity contribution in [3.8, 4) is 0 Å². The van der Waals surface area contributed by atoms with Crippen molar-refractivity contribution >= 4 is 27.6 Å². The van der Waals surface area contributed by atoms with Crippen molar-refractivity contribution in [2.45, 2.75) is 6.42 Å². The van der Waals surface area contributed by atoms with Crippen LogP contribution in [0.2, 0.25) is 0 Å². The molecule has 19 heavy (non-hydrogen) atoms. The summed E-state index contributed by atoms with van der Waals surface area (Å²) in [7, 11) is 0. The summed E-state index contributed by atoms with van der Waals surface area (Å²) in [5, 5.41) is 8.68. The zero-order chi connectivity index (χ0) is 12.7. The predicted octanol–water partition coefficient (Wildman–Crippen LogP) is 4.11. The molecule has 0 fully saturated rings. The van der Waals surface area contributed by atoms with Crippen LogP contribution in [0.3, 0.4) is 0 Å². The number of rotatable bonds is 0. The molecule has 0 amide bonds. The van der Waals surface area contributed by atoms with Gasteiger partial charge in [-0.25, -0.2) is 0 Å². The number of nitrogens with one attached hydrogen (secondary N) is 1. The summed E-state index contributed by atoms with van der Waals surface area (Å²) < 4.78 is 0. The third-order valence-electron chi connectivity index (χ3n) is 3.96. The molecule has 92 valence electrons. The van der Waals surface area contributed by atoms with Gasteiger partial charge in [-0.05, 0) is 51.4 Å². The molecule has 0 atom stereocenters. The van der Waals surface area contributed by atoms with E-state index in [1.54, 1.807) is 0 Å². The van der Waals surface area contributed by atoms with Gasteiger partial charge in [0.2, 0.25) is 0 Å². The van der Waals surface area contributed by atoms with Crippen molar-refractivity contribution < 1.29 is 0 Å². The molecule has 0 aromatic heterocycles. The maximum atomic E-state index is 3.32. The molecule has 4 rings (SSSR count). The van der Waals surface area contributed by atoms with E-state index in [0.29, 0.717) is 0 Å². The van der Waals surface area contributed by atoms with Gasteiger partial charge in [-0.1, -0.05) is 48.5 Å². The molecule has 0 saturated heterocycles. The molecule has 1 heterocycles. The van der Waals surface area contributed by atoms with E-state index in [-0.39, 0.29) is 0 Å². The first-order chi connectivity index (χ1) is 9.43. The second-order valence-electron chi connectivity index (χ2n) is 5.06. The standard InChI is InChI=1S/C18H15N/c1-2-4-15-13(3-1)5-7-18-16-10-12-19-11-9-14(16)6-8-17(15)18/h1-8,10,12,19H,9,11H2. The third-order valence-corrected chi connectivity index (χ3v) is 3.96. The minimum absolute atomic E-state index is 1.02. The van der Waals surface area contributed by atoms with E-state index in [4.69, 9.17) is 0 Å². The van der Waals surface area contributed by atoms with E-state index >= 15 is 0 Å². The van der Waals surface area contributed by atoms with Crippen molar-refractivity contribution in [1.29, 1.82) is 0 Å². The first-order valence-electron chi connectivity index (χ1n) is 6.77. The van der Waals surface area contributed by atoms with Crippen LogP contribution in [0.1, 0.15) is 11.1 Å². The summed E-state index contributed by atoms with van der Waals surface area (Å²) in [6.45, 7) is 1.02. The smallest absolute Gasteiger partial charge is 0.0182 e. The molecule has 0 unspecified atom stereocenters. The highest BCUT2D eigenvalue weighted by molar-refractivity contribution is 6.10. The number of hydrogen-bond acceptors (Lipinski definition) is 1. The molecular weight excluding hydrogens is 230 g/mol. The highest BCUT2D eigenvalue weighted by Gasteiger charge is 2.09. The molecule has 1 nitrogen and oxygen atoms in total. The molecule has 0 bridgehead atoms. The lowest BCUT2D eigenvalue weighted by atomic mass is 9.94.